The number of hydrogen-bond acceptors (Lipinski definition) is 2. The van der Waals surface area contributed by atoms with E-state index in [1.807, 2.05) is 18.2 Å². The molecule has 1 heterocycles. The molecule has 1 aromatic rings. The van der Waals surface area contributed by atoms with Crippen molar-refractivity contribution < 1.29 is 13.5 Å². The average molecular weight is 306 g/mol. The van der Waals surface area contributed by atoms with Crippen molar-refractivity contribution >= 4 is 15.9 Å². The smallest absolute Gasteiger partial charge is 0.261 e. The van der Waals surface area contributed by atoms with Crippen LogP contribution in [0.5, 0.6) is 5.75 Å². The molecule has 0 amide bonds. The van der Waals surface area contributed by atoms with Crippen molar-refractivity contribution in [3.63, 3.8) is 0 Å². The predicted octanol–water partition coefficient (Wildman–Crippen LogP) is 3.30. The highest BCUT2D eigenvalue weighted by Gasteiger charge is 2.37. The van der Waals surface area contributed by atoms with Gasteiger partial charge in [-0.1, -0.05) is 6.07 Å². The maximum atomic E-state index is 13.0. The quantitative estimate of drug-likeness (QED) is 0.849. The largest absolute Gasteiger partial charge is 0.496 e. The van der Waals surface area contributed by atoms with E-state index in [1.54, 1.807) is 12.0 Å². The zero-order valence-electron chi connectivity index (χ0n) is 9.55. The summed E-state index contributed by atoms with van der Waals surface area (Å²) in [5, 5.41) is 0. The van der Waals surface area contributed by atoms with E-state index in [0.717, 1.165) is 15.8 Å². The van der Waals surface area contributed by atoms with E-state index < -0.39 is 5.92 Å². The first kappa shape index (κ1) is 12.8. The van der Waals surface area contributed by atoms with E-state index in [4.69, 9.17) is 4.74 Å². The third-order valence-electron chi connectivity index (χ3n) is 2.87. The van der Waals surface area contributed by atoms with Crippen molar-refractivity contribution in [3.8, 4) is 5.75 Å². The molecule has 1 aliphatic heterocycles. The lowest BCUT2D eigenvalue weighted by Crippen LogP contribution is -2.24. The molecule has 5 heteroatoms. The number of hydrogen-bond donors (Lipinski definition) is 0. The highest BCUT2D eigenvalue weighted by Crippen LogP contribution is 2.30. The third kappa shape index (κ3) is 3.16. The molecule has 0 spiro atoms. The zero-order chi connectivity index (χ0) is 12.5. The summed E-state index contributed by atoms with van der Waals surface area (Å²) in [4.78, 5) is 1.77. The summed E-state index contributed by atoms with van der Waals surface area (Å²) in [6, 6.07) is 5.67. The van der Waals surface area contributed by atoms with Crippen LogP contribution in [-0.2, 0) is 6.54 Å². The summed E-state index contributed by atoms with van der Waals surface area (Å²) in [6.07, 6.45) is -0.0410. The van der Waals surface area contributed by atoms with Gasteiger partial charge < -0.3 is 4.74 Å². The van der Waals surface area contributed by atoms with Crippen LogP contribution < -0.4 is 4.74 Å². The fourth-order valence-electron chi connectivity index (χ4n) is 2.00. The van der Waals surface area contributed by atoms with Crippen LogP contribution in [0.25, 0.3) is 0 Å². The van der Waals surface area contributed by atoms with Gasteiger partial charge in [-0.25, -0.2) is 8.78 Å². The first-order valence-corrected chi connectivity index (χ1v) is 6.22. The van der Waals surface area contributed by atoms with Gasteiger partial charge in [0.15, 0.2) is 0 Å². The lowest BCUT2D eigenvalue weighted by molar-refractivity contribution is 0.0115. The van der Waals surface area contributed by atoms with Gasteiger partial charge in [0.05, 0.1) is 18.1 Å². The minimum atomic E-state index is -2.53. The Labute approximate surface area is 108 Å². The topological polar surface area (TPSA) is 12.5 Å². The Morgan fingerprint density at radius 1 is 1.47 bits per heavy atom. The number of rotatable bonds is 3. The number of likely N-dealkylation sites (tertiary alicyclic amines) is 1. The van der Waals surface area contributed by atoms with Crippen LogP contribution >= 0.6 is 15.9 Å². The monoisotopic (exact) mass is 305 g/mol. The van der Waals surface area contributed by atoms with Gasteiger partial charge in [0, 0.05) is 19.5 Å². The van der Waals surface area contributed by atoms with E-state index in [-0.39, 0.29) is 13.0 Å². The molecule has 94 valence electrons. The van der Waals surface area contributed by atoms with Gasteiger partial charge in [-0.3, -0.25) is 4.90 Å². The second kappa shape index (κ2) is 4.90. The molecule has 0 radical (unpaired) electrons. The molecule has 17 heavy (non-hydrogen) atoms. The maximum absolute atomic E-state index is 13.0. The molecule has 1 aromatic carbocycles. The standard InChI is InChI=1S/C12H14BrF2NO/c1-17-11-6-9(2-3-10(11)13)7-16-5-4-12(14,15)8-16/h2-3,6H,4-5,7-8H2,1H3. The predicted molar refractivity (Wildman–Crippen MR) is 65.5 cm³/mol. The molecule has 0 saturated carbocycles. The molecule has 0 unspecified atom stereocenters. The van der Waals surface area contributed by atoms with Gasteiger partial charge in [-0.2, -0.15) is 0 Å². The normalized spacial score (nSPS) is 19.5. The lowest BCUT2D eigenvalue weighted by atomic mass is 10.2. The third-order valence-corrected chi connectivity index (χ3v) is 3.53. The summed E-state index contributed by atoms with van der Waals surface area (Å²) >= 11 is 3.36. The Kier molecular flexibility index (Phi) is 3.68. The highest BCUT2D eigenvalue weighted by atomic mass is 79.9. The van der Waals surface area contributed by atoms with Gasteiger partial charge in [-0.05, 0) is 33.6 Å². The Bertz CT molecular complexity index is 411. The molecule has 0 aliphatic carbocycles. The van der Waals surface area contributed by atoms with Crippen molar-refractivity contribution in [3.05, 3.63) is 28.2 Å². The first-order valence-electron chi connectivity index (χ1n) is 5.43. The second-order valence-corrected chi connectivity index (χ2v) is 5.14. The van der Waals surface area contributed by atoms with Crippen LogP contribution in [0.2, 0.25) is 0 Å². The summed E-state index contributed by atoms with van der Waals surface area (Å²) in [5.41, 5.74) is 0.989. The summed E-state index contributed by atoms with van der Waals surface area (Å²) in [5.74, 6) is -1.80. The van der Waals surface area contributed by atoms with Gasteiger partial charge in [0.2, 0.25) is 0 Å². The average Bonchev–Trinajstić information content (AvgIpc) is 2.61. The molecule has 1 aliphatic rings. The van der Waals surface area contributed by atoms with E-state index in [9.17, 15) is 8.78 Å². The van der Waals surface area contributed by atoms with Gasteiger partial charge in [0.25, 0.3) is 5.92 Å². The molecular formula is C12H14BrF2NO. The Hall–Kier alpha value is -0.680. The van der Waals surface area contributed by atoms with Crippen molar-refractivity contribution in [2.45, 2.75) is 18.9 Å². The fraction of sp³-hybridized carbons (Fsp3) is 0.500. The Balaban J connectivity index is 2.04. The molecule has 2 rings (SSSR count). The minimum Gasteiger partial charge on any atom is -0.496 e. The summed E-state index contributed by atoms with van der Waals surface area (Å²) in [6.45, 7) is 0.843. The minimum absolute atomic E-state index is 0.0410. The molecule has 1 fully saturated rings. The van der Waals surface area contributed by atoms with Crippen molar-refractivity contribution in [2.75, 3.05) is 20.2 Å². The molecule has 0 N–H and O–H groups in total. The van der Waals surface area contributed by atoms with Crippen molar-refractivity contribution in [1.82, 2.24) is 4.90 Å². The van der Waals surface area contributed by atoms with E-state index in [0.29, 0.717) is 13.1 Å². The molecule has 0 bridgehead atoms. The number of halogens is 3. The van der Waals surface area contributed by atoms with Crippen LogP contribution in [0, 0.1) is 0 Å². The molecule has 2 nitrogen and oxygen atoms in total. The summed E-state index contributed by atoms with van der Waals surface area (Å²) in [7, 11) is 1.59. The van der Waals surface area contributed by atoms with Crippen LogP contribution in [0.1, 0.15) is 12.0 Å². The fourth-order valence-corrected chi connectivity index (χ4v) is 2.41. The Morgan fingerprint density at radius 3 is 2.82 bits per heavy atom. The highest BCUT2D eigenvalue weighted by molar-refractivity contribution is 9.10. The van der Waals surface area contributed by atoms with E-state index in [1.165, 1.54) is 0 Å². The molecule has 0 atom stereocenters. The lowest BCUT2D eigenvalue weighted by Gasteiger charge is -2.16. The molecule has 0 aromatic heterocycles. The van der Waals surface area contributed by atoms with Crippen LogP contribution in [-0.4, -0.2) is 31.0 Å². The number of benzene rings is 1. The van der Waals surface area contributed by atoms with E-state index in [2.05, 4.69) is 15.9 Å². The van der Waals surface area contributed by atoms with Crippen LogP contribution in [0.4, 0.5) is 8.78 Å². The van der Waals surface area contributed by atoms with Crippen molar-refractivity contribution in [1.29, 1.82) is 0 Å². The number of ether oxygens (including phenoxy) is 1. The SMILES string of the molecule is COc1cc(CN2CCC(F)(F)C2)ccc1Br. The second-order valence-electron chi connectivity index (χ2n) is 4.29. The van der Waals surface area contributed by atoms with E-state index >= 15 is 0 Å². The zero-order valence-corrected chi connectivity index (χ0v) is 11.1. The van der Waals surface area contributed by atoms with Gasteiger partial charge in [-0.15, -0.1) is 0 Å². The maximum Gasteiger partial charge on any atom is 0.261 e. The van der Waals surface area contributed by atoms with Crippen LogP contribution in [0.15, 0.2) is 22.7 Å². The number of methoxy groups -OCH3 is 1. The van der Waals surface area contributed by atoms with Gasteiger partial charge in [0.1, 0.15) is 5.75 Å². The first-order chi connectivity index (χ1) is 8.00. The number of nitrogens with zero attached hydrogens (tertiary/aromatic N) is 1. The van der Waals surface area contributed by atoms with Gasteiger partial charge >= 0.3 is 0 Å². The summed E-state index contributed by atoms with van der Waals surface area (Å²) < 4.78 is 32.1. The molecule has 1 saturated heterocycles. The van der Waals surface area contributed by atoms with Crippen molar-refractivity contribution in [2.24, 2.45) is 0 Å². The number of alkyl halides is 2. The molecular weight excluding hydrogens is 292 g/mol. The van der Waals surface area contributed by atoms with Crippen LogP contribution in [0.3, 0.4) is 0 Å². The Morgan fingerprint density at radius 2 is 2.24 bits per heavy atom.